The van der Waals surface area contributed by atoms with Crippen LogP contribution in [0.3, 0.4) is 0 Å². The molecule has 4 rings (SSSR count). The van der Waals surface area contributed by atoms with E-state index in [2.05, 4.69) is 20.1 Å². The predicted octanol–water partition coefficient (Wildman–Crippen LogP) is 4.33. The van der Waals surface area contributed by atoms with Crippen molar-refractivity contribution in [3.63, 3.8) is 0 Å². The van der Waals surface area contributed by atoms with Crippen LogP contribution in [0.4, 0.5) is 0 Å². The maximum absolute atomic E-state index is 14.5. The quantitative estimate of drug-likeness (QED) is 0.219. The largest absolute Gasteiger partial charge is 0.396 e. The Bertz CT molecular complexity index is 1130. The minimum Gasteiger partial charge on any atom is -0.396 e. The lowest BCUT2D eigenvalue weighted by Gasteiger charge is -2.37. The first-order valence-electron chi connectivity index (χ1n) is 15.8. The number of carbonyl (C=O) groups is 3. The van der Waals surface area contributed by atoms with Crippen molar-refractivity contribution in [2.24, 2.45) is 11.8 Å². The van der Waals surface area contributed by atoms with E-state index in [0.29, 0.717) is 64.8 Å². The van der Waals surface area contributed by atoms with Crippen molar-refractivity contribution in [3.05, 3.63) is 61.2 Å². The summed E-state index contributed by atoms with van der Waals surface area (Å²) in [5, 5.41) is 9.31. The number of unbranched alkanes of at least 4 members (excludes halogenated alkanes) is 3. The molecule has 2 unspecified atom stereocenters. The van der Waals surface area contributed by atoms with Gasteiger partial charge in [0.1, 0.15) is 11.6 Å². The SMILES string of the molecule is C=CCN(CCCC)C(=O)C1N(CCCCCO)C(=O)[C@@H]2[C@H](C(=O)N(CC=C)Cc3ccccc3)[C@]3(CC)CCC12O3. The highest BCUT2D eigenvalue weighted by atomic mass is 16.5. The molecule has 1 spiro atoms. The fourth-order valence-electron chi connectivity index (χ4n) is 7.54. The highest BCUT2D eigenvalue weighted by Gasteiger charge is 2.79. The van der Waals surface area contributed by atoms with Gasteiger partial charge in [-0.15, -0.1) is 13.2 Å². The van der Waals surface area contributed by atoms with Crippen LogP contribution < -0.4 is 0 Å². The van der Waals surface area contributed by atoms with Gasteiger partial charge in [-0.25, -0.2) is 0 Å². The molecule has 0 saturated carbocycles. The third-order valence-corrected chi connectivity index (χ3v) is 9.56. The van der Waals surface area contributed by atoms with E-state index in [9.17, 15) is 19.5 Å². The highest BCUT2D eigenvalue weighted by Crippen LogP contribution is 2.64. The third kappa shape index (κ3) is 5.80. The van der Waals surface area contributed by atoms with E-state index in [1.165, 1.54) is 0 Å². The first kappa shape index (κ1) is 32.0. The number of aliphatic hydroxyl groups excluding tert-OH is 1. The molecule has 3 heterocycles. The van der Waals surface area contributed by atoms with Crippen LogP contribution in [0.25, 0.3) is 0 Å². The average molecular weight is 580 g/mol. The highest BCUT2D eigenvalue weighted by molar-refractivity contribution is 5.99. The molecule has 0 aromatic heterocycles. The van der Waals surface area contributed by atoms with Crippen molar-refractivity contribution in [2.75, 3.05) is 32.8 Å². The van der Waals surface area contributed by atoms with Gasteiger partial charge >= 0.3 is 0 Å². The Kier molecular flexibility index (Phi) is 10.7. The smallest absolute Gasteiger partial charge is 0.248 e. The van der Waals surface area contributed by atoms with E-state index in [4.69, 9.17) is 4.74 Å². The lowest BCUT2D eigenvalue weighted by Crippen LogP contribution is -2.56. The van der Waals surface area contributed by atoms with Gasteiger partial charge in [-0.2, -0.15) is 0 Å². The molecule has 1 aromatic rings. The monoisotopic (exact) mass is 579 g/mol. The first-order valence-corrected chi connectivity index (χ1v) is 15.8. The summed E-state index contributed by atoms with van der Waals surface area (Å²) in [6.45, 7) is 14.1. The Balaban J connectivity index is 1.74. The zero-order valence-electron chi connectivity index (χ0n) is 25.5. The number of likely N-dealkylation sites (tertiary alicyclic amines) is 1. The van der Waals surface area contributed by atoms with Gasteiger partial charge in [0.2, 0.25) is 17.7 Å². The molecule has 230 valence electrons. The van der Waals surface area contributed by atoms with Crippen LogP contribution in [-0.2, 0) is 25.7 Å². The minimum atomic E-state index is -1.04. The average Bonchev–Trinajstić information content (AvgIpc) is 3.60. The summed E-state index contributed by atoms with van der Waals surface area (Å²) in [6, 6.07) is 9.05. The molecule has 0 aliphatic carbocycles. The van der Waals surface area contributed by atoms with E-state index in [1.807, 2.05) is 37.3 Å². The molecule has 1 aromatic carbocycles. The maximum Gasteiger partial charge on any atom is 0.248 e. The molecule has 3 amide bonds. The Morgan fingerprint density at radius 1 is 1.02 bits per heavy atom. The summed E-state index contributed by atoms with van der Waals surface area (Å²) in [4.78, 5) is 48.7. The van der Waals surface area contributed by atoms with E-state index in [0.717, 1.165) is 24.8 Å². The van der Waals surface area contributed by atoms with Crippen LogP contribution in [0, 0.1) is 11.8 Å². The van der Waals surface area contributed by atoms with Crippen molar-refractivity contribution >= 4 is 17.7 Å². The van der Waals surface area contributed by atoms with Crippen molar-refractivity contribution in [3.8, 4) is 0 Å². The van der Waals surface area contributed by atoms with Crippen molar-refractivity contribution < 1.29 is 24.2 Å². The third-order valence-electron chi connectivity index (χ3n) is 9.56. The molecular weight excluding hydrogens is 530 g/mol. The van der Waals surface area contributed by atoms with Crippen molar-refractivity contribution in [2.45, 2.75) is 89.0 Å². The molecule has 3 fully saturated rings. The van der Waals surface area contributed by atoms with Crippen molar-refractivity contribution in [1.29, 1.82) is 0 Å². The zero-order valence-corrected chi connectivity index (χ0v) is 25.5. The Hall–Kier alpha value is -2.97. The number of nitrogens with zero attached hydrogens (tertiary/aromatic N) is 3. The fraction of sp³-hybridized carbons (Fsp3) is 0.618. The van der Waals surface area contributed by atoms with Gasteiger partial charge in [-0.05, 0) is 50.5 Å². The van der Waals surface area contributed by atoms with E-state index >= 15 is 0 Å². The Morgan fingerprint density at radius 3 is 2.38 bits per heavy atom. The normalized spacial score (nSPS) is 27.6. The number of amides is 3. The number of aliphatic hydroxyl groups is 1. The predicted molar refractivity (Wildman–Crippen MR) is 163 cm³/mol. The number of carbonyl (C=O) groups excluding carboxylic acids is 3. The van der Waals surface area contributed by atoms with Gasteiger partial charge in [0.05, 0.1) is 17.4 Å². The van der Waals surface area contributed by atoms with Crippen molar-refractivity contribution in [1.82, 2.24) is 14.7 Å². The first-order chi connectivity index (χ1) is 20.3. The summed E-state index contributed by atoms with van der Waals surface area (Å²) in [6.07, 6.45) is 9.10. The Labute approximate surface area is 251 Å². The fourth-order valence-corrected chi connectivity index (χ4v) is 7.54. The molecule has 1 N–H and O–H groups in total. The van der Waals surface area contributed by atoms with Gasteiger partial charge in [0, 0.05) is 39.3 Å². The standard InChI is InChI=1S/C34H49N3O5/c1-5-9-22-35(20-6-2)32(41)29-34-19-18-33(8-4,42-34)27(28(34)31(40)37(29)23-14-11-15-24-38)30(39)36(21-7-3)25-26-16-12-10-13-17-26/h6-7,10,12-13,16-17,27-29,38H,2-3,5,8-9,11,14-15,18-25H2,1,4H3/t27-,28+,29?,33+,34?/m1/s1. The lowest BCUT2D eigenvalue weighted by atomic mass is 9.64. The second-order valence-corrected chi connectivity index (χ2v) is 12.1. The van der Waals surface area contributed by atoms with Gasteiger partial charge in [-0.3, -0.25) is 14.4 Å². The zero-order chi connectivity index (χ0) is 30.3. The molecule has 0 radical (unpaired) electrons. The van der Waals surface area contributed by atoms with Crippen LogP contribution in [0.15, 0.2) is 55.6 Å². The number of benzene rings is 1. The van der Waals surface area contributed by atoms with Gasteiger partial charge in [-0.1, -0.05) is 62.8 Å². The van der Waals surface area contributed by atoms with Gasteiger partial charge in [0.15, 0.2) is 0 Å². The lowest BCUT2D eigenvalue weighted by molar-refractivity contribution is -0.155. The molecule has 3 aliphatic rings. The summed E-state index contributed by atoms with van der Waals surface area (Å²) >= 11 is 0. The molecule has 8 nitrogen and oxygen atoms in total. The summed E-state index contributed by atoms with van der Waals surface area (Å²) in [5.41, 5.74) is -0.828. The number of hydrogen-bond acceptors (Lipinski definition) is 5. The molecule has 5 atom stereocenters. The molecule has 2 bridgehead atoms. The van der Waals surface area contributed by atoms with Crippen LogP contribution in [0.2, 0.25) is 0 Å². The van der Waals surface area contributed by atoms with Crippen LogP contribution in [0.5, 0.6) is 0 Å². The number of fused-ring (bicyclic) bond motifs is 1. The summed E-state index contributed by atoms with van der Waals surface area (Å²) in [7, 11) is 0. The number of hydrogen-bond donors (Lipinski definition) is 1. The number of rotatable bonds is 17. The molecule has 8 heteroatoms. The van der Waals surface area contributed by atoms with Crippen LogP contribution in [0.1, 0.15) is 70.8 Å². The van der Waals surface area contributed by atoms with Crippen LogP contribution in [-0.4, -0.2) is 87.6 Å². The van der Waals surface area contributed by atoms with E-state index < -0.39 is 29.1 Å². The molecule has 3 aliphatic heterocycles. The van der Waals surface area contributed by atoms with Crippen LogP contribution >= 0.6 is 0 Å². The maximum atomic E-state index is 14.5. The van der Waals surface area contributed by atoms with E-state index in [-0.39, 0.29) is 24.3 Å². The second kappa shape index (κ2) is 14.0. The van der Waals surface area contributed by atoms with E-state index in [1.54, 1.807) is 26.9 Å². The summed E-state index contributed by atoms with van der Waals surface area (Å²) in [5.74, 6) is -1.77. The summed E-state index contributed by atoms with van der Waals surface area (Å²) < 4.78 is 6.98. The topological polar surface area (TPSA) is 90.4 Å². The molecule has 3 saturated heterocycles. The second-order valence-electron chi connectivity index (χ2n) is 12.1. The van der Waals surface area contributed by atoms with Gasteiger partial charge in [0.25, 0.3) is 0 Å². The minimum absolute atomic E-state index is 0.0895. The number of ether oxygens (including phenoxy) is 1. The molecular formula is C34H49N3O5. The molecule has 42 heavy (non-hydrogen) atoms. The Morgan fingerprint density at radius 2 is 1.74 bits per heavy atom. The van der Waals surface area contributed by atoms with Gasteiger partial charge < -0.3 is 24.5 Å².